The molecule has 2 aliphatic rings. The second-order valence-corrected chi connectivity index (χ2v) is 28.2. The minimum atomic E-state index is -1.79. The first-order valence-corrected chi connectivity index (χ1v) is 39.7. The highest BCUT2D eigenvalue weighted by atomic mass is 16.7. The summed E-state index contributed by atoms with van der Waals surface area (Å²) in [6, 6.07) is -0.938. The molecule has 0 aromatic carbocycles. The van der Waals surface area contributed by atoms with Crippen LogP contribution < -0.4 is 5.32 Å². The van der Waals surface area contributed by atoms with Gasteiger partial charge >= 0.3 is 0 Å². The Bertz CT molecular complexity index is 1700. The van der Waals surface area contributed by atoms with Crippen molar-refractivity contribution in [3.63, 3.8) is 0 Å². The van der Waals surface area contributed by atoms with Gasteiger partial charge in [0.15, 0.2) is 12.6 Å². The smallest absolute Gasteiger partial charge is 0.220 e. The highest BCUT2D eigenvalue weighted by molar-refractivity contribution is 5.76. The maximum absolute atomic E-state index is 13.4. The van der Waals surface area contributed by atoms with Crippen LogP contribution in [0.15, 0.2) is 36.5 Å². The molecule has 0 bridgehead atoms. The summed E-state index contributed by atoms with van der Waals surface area (Å²) in [5, 5.41) is 87.5. The van der Waals surface area contributed by atoms with Gasteiger partial charge in [-0.2, -0.15) is 0 Å². The molecule has 0 saturated carbocycles. The molecule has 0 spiro atoms. The van der Waals surface area contributed by atoms with Crippen molar-refractivity contribution in [2.24, 2.45) is 0 Å². The van der Waals surface area contributed by atoms with Gasteiger partial charge in [0.2, 0.25) is 5.91 Å². The lowest BCUT2D eigenvalue weighted by Gasteiger charge is -2.46. The summed E-state index contributed by atoms with van der Waals surface area (Å²) >= 11 is 0. The minimum Gasteiger partial charge on any atom is -0.394 e. The fourth-order valence-electron chi connectivity index (χ4n) is 13.3. The predicted molar refractivity (Wildman–Crippen MR) is 383 cm³/mol. The van der Waals surface area contributed by atoms with E-state index in [1.807, 2.05) is 6.08 Å². The number of amides is 1. The van der Waals surface area contributed by atoms with Gasteiger partial charge in [-0.1, -0.05) is 352 Å². The summed E-state index contributed by atoms with van der Waals surface area (Å²) in [5.74, 6) is -0.246. The van der Waals surface area contributed by atoms with Crippen molar-refractivity contribution in [2.45, 2.75) is 441 Å². The molecule has 14 nitrogen and oxygen atoms in total. The summed E-state index contributed by atoms with van der Waals surface area (Å²) in [5.41, 5.74) is 0. The molecule has 0 aromatic heterocycles. The van der Waals surface area contributed by atoms with Crippen molar-refractivity contribution >= 4 is 5.91 Å². The topological polar surface area (TPSA) is 228 Å². The number of hydrogen-bond donors (Lipinski definition) is 9. The van der Waals surface area contributed by atoms with Crippen molar-refractivity contribution in [1.29, 1.82) is 0 Å². The van der Waals surface area contributed by atoms with Crippen LogP contribution in [0.3, 0.4) is 0 Å². The van der Waals surface area contributed by atoms with Gasteiger partial charge in [0, 0.05) is 6.42 Å². The Labute approximate surface area is 570 Å². The Morgan fingerprint density at radius 2 is 0.688 bits per heavy atom. The molecule has 548 valence electrons. The largest absolute Gasteiger partial charge is 0.394 e. The van der Waals surface area contributed by atoms with E-state index >= 15 is 0 Å². The van der Waals surface area contributed by atoms with Crippen LogP contribution in [0.4, 0.5) is 0 Å². The van der Waals surface area contributed by atoms with Gasteiger partial charge in [0.25, 0.3) is 0 Å². The van der Waals surface area contributed by atoms with Crippen molar-refractivity contribution < 1.29 is 64.6 Å². The van der Waals surface area contributed by atoms with Gasteiger partial charge in [-0.05, 0) is 44.9 Å². The summed E-state index contributed by atoms with van der Waals surface area (Å²) in [7, 11) is 0. The van der Waals surface area contributed by atoms with Crippen molar-refractivity contribution in [3.8, 4) is 0 Å². The molecular weight excluding hydrogens is 1170 g/mol. The molecule has 14 heteroatoms. The lowest BCUT2D eigenvalue weighted by Crippen LogP contribution is -2.65. The van der Waals surface area contributed by atoms with Gasteiger partial charge in [-0.3, -0.25) is 4.79 Å². The summed E-state index contributed by atoms with van der Waals surface area (Å²) in [6.07, 6.45) is 66.8. The van der Waals surface area contributed by atoms with Crippen LogP contribution in [-0.4, -0.2) is 140 Å². The number of rotatable bonds is 67. The fourth-order valence-corrected chi connectivity index (χ4v) is 13.3. The van der Waals surface area contributed by atoms with E-state index in [0.717, 1.165) is 44.9 Å². The average molecular weight is 1320 g/mol. The Balaban J connectivity index is 1.60. The van der Waals surface area contributed by atoms with Crippen LogP contribution >= 0.6 is 0 Å². The molecule has 93 heavy (non-hydrogen) atoms. The van der Waals surface area contributed by atoms with Crippen LogP contribution in [0.25, 0.3) is 0 Å². The SMILES string of the molecule is CCCCCCCCCCCCCC/C=C/CC/C=C/CC/C=C/C(O)C(COC1OC(CO)C(OC2OC(CO)C(O)C(O)C2O)C(O)C1O)NC(=O)CCCCCCCCCCCCCCCCCCCCCCCCCCCCCCCCCCCCCCC. The summed E-state index contributed by atoms with van der Waals surface area (Å²) < 4.78 is 22.9. The van der Waals surface area contributed by atoms with E-state index in [0.29, 0.717) is 12.8 Å². The van der Waals surface area contributed by atoms with Crippen LogP contribution in [0.2, 0.25) is 0 Å². The van der Waals surface area contributed by atoms with Crippen molar-refractivity contribution in [3.05, 3.63) is 36.5 Å². The van der Waals surface area contributed by atoms with Crippen LogP contribution in [0, 0.1) is 0 Å². The highest BCUT2D eigenvalue weighted by Crippen LogP contribution is 2.30. The zero-order valence-corrected chi connectivity index (χ0v) is 60.0. The zero-order chi connectivity index (χ0) is 67.3. The van der Waals surface area contributed by atoms with E-state index in [-0.39, 0.29) is 18.9 Å². The lowest BCUT2D eigenvalue weighted by molar-refractivity contribution is -0.359. The number of unbranched alkanes of at least 4 members (excludes halogenated alkanes) is 50. The Morgan fingerprint density at radius 3 is 1.05 bits per heavy atom. The highest BCUT2D eigenvalue weighted by Gasteiger charge is 2.51. The standard InChI is InChI=1S/C79H149NO13/c1-3-5-7-9-11-13-15-17-19-21-23-25-27-28-29-30-31-32-33-34-35-36-37-38-39-40-41-43-45-47-49-51-53-55-57-59-61-63-71(84)80-67(66-90-78-76(89)74(87)77(70(65-82)92-78)93-79-75(88)73(86)72(85)69(64-81)91-79)68(83)62-60-58-56-54-52-50-48-46-44-42-26-24-22-20-18-16-14-12-10-8-6-4-2/h44,46,52,54,60,62,67-70,72-79,81-83,85-89H,3-43,45,47-51,53,55-59,61,63-66H2,1-2H3,(H,80,84)/b46-44+,54-52+,62-60+. The number of nitrogens with one attached hydrogen (secondary N) is 1. The first-order chi connectivity index (χ1) is 45.6. The molecule has 12 unspecified atom stereocenters. The molecule has 12 atom stereocenters. The average Bonchev–Trinajstić information content (AvgIpc) is 0.842. The molecule has 2 rings (SSSR count). The van der Waals surface area contributed by atoms with E-state index in [4.69, 9.17) is 18.9 Å². The lowest BCUT2D eigenvalue weighted by atomic mass is 9.97. The van der Waals surface area contributed by atoms with E-state index in [1.54, 1.807) is 6.08 Å². The number of ether oxygens (including phenoxy) is 4. The van der Waals surface area contributed by atoms with Gasteiger partial charge in [-0.15, -0.1) is 0 Å². The van der Waals surface area contributed by atoms with Crippen molar-refractivity contribution in [1.82, 2.24) is 5.32 Å². The fraction of sp³-hybridized carbons (Fsp3) is 0.911. The molecule has 0 aromatic rings. The van der Waals surface area contributed by atoms with E-state index in [9.17, 15) is 45.6 Å². The normalized spacial score (nSPS) is 22.7. The Hall–Kier alpha value is -1.79. The van der Waals surface area contributed by atoms with E-state index < -0.39 is 86.8 Å². The first-order valence-electron chi connectivity index (χ1n) is 39.7. The number of aliphatic hydroxyl groups excluding tert-OH is 8. The van der Waals surface area contributed by atoms with Crippen LogP contribution in [0.1, 0.15) is 367 Å². The third-order valence-electron chi connectivity index (χ3n) is 19.6. The zero-order valence-electron chi connectivity index (χ0n) is 60.0. The van der Waals surface area contributed by atoms with Gasteiger partial charge in [-0.25, -0.2) is 0 Å². The quantitative estimate of drug-likeness (QED) is 0.0204. The third kappa shape index (κ3) is 47.0. The molecule has 9 N–H and O–H groups in total. The van der Waals surface area contributed by atoms with Crippen LogP contribution in [-0.2, 0) is 23.7 Å². The van der Waals surface area contributed by atoms with Crippen LogP contribution in [0.5, 0.6) is 0 Å². The maximum Gasteiger partial charge on any atom is 0.220 e. The second kappa shape index (κ2) is 63.6. The number of aliphatic hydroxyl groups is 8. The molecule has 2 saturated heterocycles. The van der Waals surface area contributed by atoms with Gasteiger partial charge in [0.1, 0.15) is 48.8 Å². The van der Waals surface area contributed by atoms with Crippen molar-refractivity contribution in [2.75, 3.05) is 19.8 Å². The van der Waals surface area contributed by atoms with E-state index in [2.05, 4.69) is 43.5 Å². The number of carbonyl (C=O) groups excluding carboxylic acids is 1. The molecule has 2 fully saturated rings. The molecule has 1 amide bonds. The Kier molecular flexibility index (Phi) is 59.7. The minimum absolute atomic E-state index is 0.246. The molecule has 2 aliphatic heterocycles. The molecule has 0 aliphatic carbocycles. The molecular formula is C79H149NO13. The second-order valence-electron chi connectivity index (χ2n) is 28.2. The summed E-state index contributed by atoms with van der Waals surface area (Å²) in [4.78, 5) is 13.4. The molecule has 0 radical (unpaired) electrons. The first kappa shape index (κ1) is 87.3. The molecule has 2 heterocycles. The monoisotopic (exact) mass is 1320 g/mol. The number of allylic oxidation sites excluding steroid dienone is 5. The van der Waals surface area contributed by atoms with E-state index in [1.165, 1.54) is 289 Å². The Morgan fingerprint density at radius 1 is 0.376 bits per heavy atom. The third-order valence-corrected chi connectivity index (χ3v) is 19.6. The van der Waals surface area contributed by atoms with Gasteiger partial charge < -0.3 is 65.1 Å². The number of hydrogen-bond acceptors (Lipinski definition) is 13. The summed E-state index contributed by atoms with van der Waals surface area (Å²) in [6.45, 7) is 2.83. The maximum atomic E-state index is 13.4. The number of carbonyl (C=O) groups is 1. The van der Waals surface area contributed by atoms with Gasteiger partial charge in [0.05, 0.1) is 32.0 Å². The predicted octanol–water partition coefficient (Wildman–Crippen LogP) is 17.6.